The van der Waals surface area contributed by atoms with Gasteiger partial charge in [-0.05, 0) is 60.8 Å². The first-order chi connectivity index (χ1) is 16.7. The lowest BCUT2D eigenvalue weighted by molar-refractivity contribution is -0.115. The Kier molecular flexibility index (Phi) is 8.90. The number of amides is 1. The number of ether oxygens (including phenoxy) is 1. The summed E-state index contributed by atoms with van der Waals surface area (Å²) in [6.07, 6.45) is 2.91. The molecule has 178 valence electrons. The first-order valence-corrected chi connectivity index (χ1v) is 12.8. The van der Waals surface area contributed by atoms with Gasteiger partial charge in [0, 0.05) is 37.6 Å². The number of piperazine rings is 1. The summed E-state index contributed by atoms with van der Waals surface area (Å²) in [6.45, 7) is 6.65. The molecule has 3 aromatic rings. The quantitative estimate of drug-likeness (QED) is 0.343. The monoisotopic (exact) mass is 475 g/mol. The van der Waals surface area contributed by atoms with Crippen molar-refractivity contribution in [1.82, 2.24) is 15.1 Å². The van der Waals surface area contributed by atoms with Crippen molar-refractivity contribution < 1.29 is 9.53 Å². The van der Waals surface area contributed by atoms with Crippen LogP contribution in [0.5, 0.6) is 5.75 Å². The van der Waals surface area contributed by atoms with Gasteiger partial charge in [-0.25, -0.2) is 0 Å². The molecule has 1 fully saturated rings. The number of nitrogens with one attached hydrogen (secondary N) is 1. The lowest BCUT2D eigenvalue weighted by atomic mass is 10.1. The molecule has 1 aliphatic heterocycles. The van der Waals surface area contributed by atoms with Crippen molar-refractivity contribution in [3.05, 3.63) is 88.1 Å². The summed E-state index contributed by atoms with van der Waals surface area (Å²) in [5.41, 5.74) is 2.76. The summed E-state index contributed by atoms with van der Waals surface area (Å²) in [5.74, 6) is 0.757. The van der Waals surface area contributed by atoms with Gasteiger partial charge >= 0.3 is 0 Å². The molecular weight excluding hydrogens is 442 g/mol. The summed E-state index contributed by atoms with van der Waals surface area (Å²) in [6, 6.07) is 22.0. The average molecular weight is 476 g/mol. The molecule has 6 heteroatoms. The van der Waals surface area contributed by atoms with Crippen LogP contribution in [0.1, 0.15) is 22.4 Å². The molecule has 0 atom stereocenters. The zero-order valence-corrected chi connectivity index (χ0v) is 20.6. The number of carbonyl (C=O) groups excluding carboxylic acids is 1. The second kappa shape index (κ2) is 12.5. The van der Waals surface area contributed by atoms with Crippen LogP contribution in [-0.4, -0.2) is 62.0 Å². The van der Waals surface area contributed by atoms with Crippen molar-refractivity contribution in [3.63, 3.8) is 0 Å². The van der Waals surface area contributed by atoms with Gasteiger partial charge in [-0.3, -0.25) is 4.79 Å². The van der Waals surface area contributed by atoms with Crippen LogP contribution < -0.4 is 10.1 Å². The highest BCUT2D eigenvalue weighted by Crippen LogP contribution is 2.25. The van der Waals surface area contributed by atoms with Crippen molar-refractivity contribution in [2.45, 2.75) is 13.0 Å². The molecule has 0 aliphatic carbocycles. The van der Waals surface area contributed by atoms with Crippen LogP contribution >= 0.6 is 11.3 Å². The SMILES string of the molecule is CN1CCN(CCCNC(=O)/C(=C/c2cccc(OCc3ccccc3)c2)c2cccs2)CC1. The fraction of sp³-hybridized carbons (Fsp3) is 0.321. The van der Waals surface area contributed by atoms with Crippen molar-refractivity contribution in [2.75, 3.05) is 46.3 Å². The van der Waals surface area contributed by atoms with E-state index in [1.807, 2.05) is 78.2 Å². The second-order valence-electron chi connectivity index (χ2n) is 8.64. The van der Waals surface area contributed by atoms with Gasteiger partial charge in [0.1, 0.15) is 12.4 Å². The standard InChI is InChI=1S/C28H33N3O2S/c1-30-15-17-31(18-16-30)14-7-13-29-28(32)26(27-12-6-19-34-27)21-24-10-5-11-25(20-24)33-22-23-8-3-2-4-9-23/h2-6,8-12,19-21H,7,13-18,22H2,1H3,(H,29,32)/b26-21+. The molecule has 34 heavy (non-hydrogen) atoms. The lowest BCUT2D eigenvalue weighted by Gasteiger charge is -2.32. The van der Waals surface area contributed by atoms with Crippen LogP contribution in [0.25, 0.3) is 11.6 Å². The molecular formula is C28H33N3O2S. The van der Waals surface area contributed by atoms with Gasteiger partial charge in [-0.1, -0.05) is 48.5 Å². The van der Waals surface area contributed by atoms with E-state index >= 15 is 0 Å². The van der Waals surface area contributed by atoms with E-state index in [9.17, 15) is 4.79 Å². The molecule has 0 unspecified atom stereocenters. The molecule has 1 aromatic heterocycles. The van der Waals surface area contributed by atoms with E-state index in [4.69, 9.17) is 4.74 Å². The molecule has 1 saturated heterocycles. The average Bonchev–Trinajstić information content (AvgIpc) is 3.40. The predicted octanol–water partition coefficient (Wildman–Crippen LogP) is 4.62. The van der Waals surface area contributed by atoms with Gasteiger partial charge in [0.2, 0.25) is 0 Å². The molecule has 1 N–H and O–H groups in total. The number of rotatable bonds is 10. The Bertz CT molecular complexity index is 1060. The zero-order chi connectivity index (χ0) is 23.6. The van der Waals surface area contributed by atoms with Crippen LogP contribution in [0.3, 0.4) is 0 Å². The Hall–Kier alpha value is -2.93. The fourth-order valence-corrected chi connectivity index (χ4v) is 4.69. The van der Waals surface area contributed by atoms with E-state index in [-0.39, 0.29) is 5.91 Å². The van der Waals surface area contributed by atoms with E-state index in [1.165, 1.54) is 0 Å². The van der Waals surface area contributed by atoms with Crippen molar-refractivity contribution in [3.8, 4) is 5.75 Å². The second-order valence-corrected chi connectivity index (χ2v) is 9.58. The minimum absolute atomic E-state index is 0.0311. The third-order valence-corrected chi connectivity index (χ3v) is 6.88. The number of carbonyl (C=O) groups is 1. The highest BCUT2D eigenvalue weighted by atomic mass is 32.1. The molecule has 4 rings (SSSR count). The Morgan fingerprint density at radius 3 is 2.62 bits per heavy atom. The fourth-order valence-electron chi connectivity index (χ4n) is 3.95. The first kappa shape index (κ1) is 24.2. The summed E-state index contributed by atoms with van der Waals surface area (Å²) < 4.78 is 5.97. The van der Waals surface area contributed by atoms with Crippen LogP contribution in [0.2, 0.25) is 0 Å². The molecule has 5 nitrogen and oxygen atoms in total. The van der Waals surface area contributed by atoms with Gasteiger partial charge in [-0.15, -0.1) is 11.3 Å². The van der Waals surface area contributed by atoms with Gasteiger partial charge in [0.25, 0.3) is 5.91 Å². The molecule has 0 bridgehead atoms. The maximum Gasteiger partial charge on any atom is 0.252 e. The summed E-state index contributed by atoms with van der Waals surface area (Å²) in [5, 5.41) is 5.14. The molecule has 0 saturated carbocycles. The van der Waals surface area contributed by atoms with E-state index in [0.29, 0.717) is 18.7 Å². The third-order valence-electron chi connectivity index (χ3n) is 5.98. The normalized spacial score (nSPS) is 15.3. The maximum absolute atomic E-state index is 13.1. The van der Waals surface area contributed by atoms with Crippen LogP contribution in [0, 0.1) is 0 Å². The smallest absolute Gasteiger partial charge is 0.252 e. The van der Waals surface area contributed by atoms with Crippen molar-refractivity contribution in [2.24, 2.45) is 0 Å². The highest BCUT2D eigenvalue weighted by molar-refractivity contribution is 7.11. The number of thiophene rings is 1. The third kappa shape index (κ3) is 7.29. The Morgan fingerprint density at radius 1 is 1.03 bits per heavy atom. The minimum atomic E-state index is -0.0311. The number of hydrogen-bond donors (Lipinski definition) is 1. The Morgan fingerprint density at radius 2 is 1.85 bits per heavy atom. The predicted molar refractivity (Wildman–Crippen MR) is 141 cm³/mol. The first-order valence-electron chi connectivity index (χ1n) is 11.9. The number of nitrogens with zero attached hydrogens (tertiary/aromatic N) is 2. The molecule has 2 aromatic carbocycles. The molecule has 0 radical (unpaired) electrons. The van der Waals surface area contributed by atoms with E-state index < -0.39 is 0 Å². The number of likely N-dealkylation sites (N-methyl/N-ethyl adjacent to an activating group) is 1. The minimum Gasteiger partial charge on any atom is -0.489 e. The summed E-state index contributed by atoms with van der Waals surface area (Å²) >= 11 is 1.58. The largest absolute Gasteiger partial charge is 0.489 e. The van der Waals surface area contributed by atoms with E-state index in [1.54, 1.807) is 11.3 Å². The van der Waals surface area contributed by atoms with Crippen LogP contribution in [0.15, 0.2) is 72.1 Å². The molecule has 1 aliphatic rings. The van der Waals surface area contributed by atoms with E-state index in [2.05, 4.69) is 22.2 Å². The van der Waals surface area contributed by atoms with Crippen molar-refractivity contribution >= 4 is 28.9 Å². The van der Waals surface area contributed by atoms with Gasteiger partial charge in [0.15, 0.2) is 0 Å². The molecule has 2 heterocycles. The van der Waals surface area contributed by atoms with Crippen LogP contribution in [-0.2, 0) is 11.4 Å². The van der Waals surface area contributed by atoms with Crippen molar-refractivity contribution in [1.29, 1.82) is 0 Å². The van der Waals surface area contributed by atoms with Crippen LogP contribution in [0.4, 0.5) is 0 Å². The Labute approximate surface area is 206 Å². The van der Waals surface area contributed by atoms with Gasteiger partial charge in [0.05, 0.1) is 5.57 Å². The molecule has 0 spiro atoms. The summed E-state index contributed by atoms with van der Waals surface area (Å²) in [7, 11) is 2.17. The molecule has 1 amide bonds. The van der Waals surface area contributed by atoms with E-state index in [0.717, 1.165) is 60.9 Å². The summed E-state index contributed by atoms with van der Waals surface area (Å²) in [4.78, 5) is 18.9. The van der Waals surface area contributed by atoms with Gasteiger partial charge < -0.3 is 19.9 Å². The number of hydrogen-bond acceptors (Lipinski definition) is 5. The zero-order valence-electron chi connectivity index (χ0n) is 19.8. The Balaban J connectivity index is 1.37. The lowest BCUT2D eigenvalue weighted by Crippen LogP contribution is -2.45. The maximum atomic E-state index is 13.1. The highest BCUT2D eigenvalue weighted by Gasteiger charge is 2.15. The topological polar surface area (TPSA) is 44.8 Å². The number of benzene rings is 2. The van der Waals surface area contributed by atoms with Gasteiger partial charge in [-0.2, -0.15) is 0 Å².